The van der Waals surface area contributed by atoms with Crippen LogP contribution in [0, 0.1) is 0 Å². The molecule has 1 heterocycles. The van der Waals surface area contributed by atoms with Crippen molar-refractivity contribution in [3.8, 4) is 5.69 Å². The molecule has 0 N–H and O–H groups in total. The second-order valence-electron chi connectivity index (χ2n) is 6.67. The molecule has 8 heteroatoms. The van der Waals surface area contributed by atoms with E-state index in [9.17, 15) is 18.0 Å². The van der Waals surface area contributed by atoms with Crippen molar-refractivity contribution in [3.05, 3.63) is 104 Å². The Hall–Kier alpha value is -3.09. The molecule has 0 fully saturated rings. The number of fused-ring (bicyclic) bond motifs is 1. The number of alkyl halides is 3. The van der Waals surface area contributed by atoms with Crippen LogP contribution >= 0.6 is 23.2 Å². The van der Waals surface area contributed by atoms with Crippen molar-refractivity contribution in [1.82, 2.24) is 9.55 Å². The number of halogens is 5. The second kappa shape index (κ2) is 8.21. The van der Waals surface area contributed by atoms with Crippen LogP contribution in [0.15, 0.2) is 71.5 Å². The lowest BCUT2D eigenvalue weighted by Crippen LogP contribution is -2.22. The molecule has 4 aromatic rings. The second-order valence-corrected chi connectivity index (χ2v) is 7.52. The lowest BCUT2D eigenvalue weighted by Gasteiger charge is -2.14. The first-order valence-corrected chi connectivity index (χ1v) is 9.82. The minimum absolute atomic E-state index is 0.0555. The molecule has 4 rings (SSSR count). The monoisotopic (exact) mass is 460 g/mol. The highest BCUT2D eigenvalue weighted by molar-refractivity contribution is 6.35. The van der Waals surface area contributed by atoms with Crippen molar-refractivity contribution in [1.29, 1.82) is 0 Å². The summed E-state index contributed by atoms with van der Waals surface area (Å²) in [6, 6.07) is 16.1. The summed E-state index contributed by atoms with van der Waals surface area (Å²) in [5.74, 6) is 0.161. The Kier molecular flexibility index (Phi) is 5.60. The zero-order valence-corrected chi connectivity index (χ0v) is 17.2. The van der Waals surface area contributed by atoms with Gasteiger partial charge in [-0.25, -0.2) is 4.98 Å². The van der Waals surface area contributed by atoms with Crippen molar-refractivity contribution in [2.24, 2.45) is 0 Å². The van der Waals surface area contributed by atoms with Crippen LogP contribution in [-0.2, 0) is 6.18 Å². The third-order valence-electron chi connectivity index (χ3n) is 4.61. The molecule has 0 amide bonds. The predicted octanol–water partition coefficient (Wildman–Crippen LogP) is 6.88. The molecule has 156 valence electrons. The summed E-state index contributed by atoms with van der Waals surface area (Å²) >= 11 is 12.1. The molecule has 0 saturated heterocycles. The maximum atomic E-state index is 13.2. The first-order chi connectivity index (χ1) is 14.7. The molecule has 3 nitrogen and oxygen atoms in total. The van der Waals surface area contributed by atoms with E-state index < -0.39 is 17.3 Å². The van der Waals surface area contributed by atoms with E-state index >= 15 is 0 Å². The van der Waals surface area contributed by atoms with Gasteiger partial charge in [0.05, 0.1) is 22.2 Å². The molecule has 31 heavy (non-hydrogen) atoms. The van der Waals surface area contributed by atoms with Crippen LogP contribution in [0.1, 0.15) is 17.0 Å². The summed E-state index contributed by atoms with van der Waals surface area (Å²) < 4.78 is 40.9. The van der Waals surface area contributed by atoms with E-state index in [1.165, 1.54) is 18.2 Å². The molecular formula is C23H13Cl2F3N2O. The van der Waals surface area contributed by atoms with Crippen molar-refractivity contribution in [2.75, 3.05) is 0 Å². The Balaban J connectivity index is 1.95. The summed E-state index contributed by atoms with van der Waals surface area (Å²) in [4.78, 5) is 17.7. The maximum Gasteiger partial charge on any atom is 0.416 e. The van der Waals surface area contributed by atoms with Gasteiger partial charge in [-0.15, -0.1) is 0 Å². The van der Waals surface area contributed by atoms with E-state index in [1.54, 1.807) is 48.5 Å². The number of benzene rings is 3. The minimum Gasteiger partial charge on any atom is -0.268 e. The molecule has 0 radical (unpaired) electrons. The number of para-hydroxylation sites is 1. The first-order valence-electron chi connectivity index (χ1n) is 9.06. The van der Waals surface area contributed by atoms with E-state index in [0.717, 1.165) is 16.7 Å². The molecule has 0 aliphatic heterocycles. The fourth-order valence-corrected chi connectivity index (χ4v) is 3.61. The zero-order valence-electron chi connectivity index (χ0n) is 15.7. The summed E-state index contributed by atoms with van der Waals surface area (Å²) in [6.45, 7) is 0. The van der Waals surface area contributed by atoms with Crippen LogP contribution in [0.4, 0.5) is 13.2 Å². The highest BCUT2D eigenvalue weighted by Gasteiger charge is 2.30. The fraction of sp³-hybridized carbons (Fsp3) is 0.0435. The number of hydrogen-bond acceptors (Lipinski definition) is 2. The lowest BCUT2D eigenvalue weighted by molar-refractivity contribution is -0.137. The average molecular weight is 461 g/mol. The van der Waals surface area contributed by atoms with Gasteiger partial charge in [-0.3, -0.25) is 9.36 Å². The largest absolute Gasteiger partial charge is 0.416 e. The highest BCUT2D eigenvalue weighted by Crippen LogP contribution is 2.30. The molecule has 0 bridgehead atoms. The fourth-order valence-electron chi connectivity index (χ4n) is 3.13. The molecule has 3 aromatic carbocycles. The molecule has 0 atom stereocenters. The summed E-state index contributed by atoms with van der Waals surface area (Å²) in [5.41, 5.74) is -0.242. The topological polar surface area (TPSA) is 34.9 Å². The Labute approximate surface area is 185 Å². The van der Waals surface area contributed by atoms with E-state index in [-0.39, 0.29) is 11.5 Å². The van der Waals surface area contributed by atoms with Gasteiger partial charge in [0, 0.05) is 10.0 Å². The Morgan fingerprint density at radius 2 is 1.68 bits per heavy atom. The normalized spacial score (nSPS) is 12.0. The third-order valence-corrected chi connectivity index (χ3v) is 5.17. The number of aromatic nitrogens is 2. The molecule has 0 saturated carbocycles. The predicted molar refractivity (Wildman–Crippen MR) is 118 cm³/mol. The van der Waals surface area contributed by atoms with E-state index in [2.05, 4.69) is 4.98 Å². The molecule has 0 aliphatic rings. The van der Waals surface area contributed by atoms with Crippen LogP contribution in [0.5, 0.6) is 0 Å². The van der Waals surface area contributed by atoms with Gasteiger partial charge in [0.15, 0.2) is 0 Å². The van der Waals surface area contributed by atoms with Crippen molar-refractivity contribution in [3.63, 3.8) is 0 Å². The van der Waals surface area contributed by atoms with Crippen molar-refractivity contribution >= 4 is 46.3 Å². The lowest BCUT2D eigenvalue weighted by atomic mass is 10.1. The molecular weight excluding hydrogens is 448 g/mol. The van der Waals surface area contributed by atoms with Crippen LogP contribution in [-0.4, -0.2) is 9.55 Å². The summed E-state index contributed by atoms with van der Waals surface area (Å²) in [5, 5.41) is 1.14. The van der Waals surface area contributed by atoms with Gasteiger partial charge in [0.25, 0.3) is 5.56 Å². The average Bonchev–Trinajstić information content (AvgIpc) is 2.73. The smallest absolute Gasteiger partial charge is 0.268 e. The first kappa shape index (κ1) is 21.2. The molecule has 0 aliphatic carbocycles. The Bertz CT molecular complexity index is 1380. The Morgan fingerprint density at radius 1 is 0.903 bits per heavy atom. The van der Waals surface area contributed by atoms with Gasteiger partial charge in [-0.2, -0.15) is 13.2 Å². The zero-order chi connectivity index (χ0) is 22.2. The maximum absolute atomic E-state index is 13.2. The highest BCUT2D eigenvalue weighted by atomic mass is 35.5. The Morgan fingerprint density at radius 3 is 2.42 bits per heavy atom. The number of hydrogen-bond donors (Lipinski definition) is 0. The third kappa shape index (κ3) is 4.36. The van der Waals surface area contributed by atoms with E-state index in [4.69, 9.17) is 23.2 Å². The van der Waals surface area contributed by atoms with Gasteiger partial charge in [-0.1, -0.05) is 47.5 Å². The van der Waals surface area contributed by atoms with Crippen molar-refractivity contribution < 1.29 is 13.2 Å². The van der Waals surface area contributed by atoms with Gasteiger partial charge >= 0.3 is 6.18 Å². The SMILES string of the molecule is O=c1c2ccccc2nc(/C=C\c2ccc(Cl)cc2Cl)n1-c1cccc(C(F)(F)F)c1. The quantitative estimate of drug-likeness (QED) is 0.333. The standard InChI is InChI=1S/C23H13Cl2F3N2O/c24-16-10-8-14(19(25)13-16)9-11-21-29-20-7-2-1-6-18(20)22(31)30(21)17-5-3-4-15(12-17)23(26,27)28/h1-13H/b11-9-. The molecule has 0 unspecified atom stereocenters. The summed E-state index contributed by atoms with van der Waals surface area (Å²) in [6.07, 6.45) is -1.39. The van der Waals surface area contributed by atoms with E-state index in [0.29, 0.717) is 26.5 Å². The molecule has 1 aromatic heterocycles. The van der Waals surface area contributed by atoms with Crippen LogP contribution in [0.2, 0.25) is 10.0 Å². The van der Waals surface area contributed by atoms with E-state index in [1.807, 2.05) is 0 Å². The van der Waals surface area contributed by atoms with Crippen LogP contribution in [0.25, 0.3) is 28.7 Å². The van der Waals surface area contributed by atoms with Gasteiger partial charge in [-0.05, 0) is 60.2 Å². The van der Waals surface area contributed by atoms with Gasteiger partial charge < -0.3 is 0 Å². The number of nitrogens with zero attached hydrogens (tertiary/aromatic N) is 2. The number of rotatable bonds is 3. The van der Waals surface area contributed by atoms with Crippen LogP contribution in [0.3, 0.4) is 0 Å². The van der Waals surface area contributed by atoms with Crippen LogP contribution < -0.4 is 5.56 Å². The summed E-state index contributed by atoms with van der Waals surface area (Å²) in [7, 11) is 0. The molecule has 0 spiro atoms. The van der Waals surface area contributed by atoms with Gasteiger partial charge in [0.2, 0.25) is 0 Å². The van der Waals surface area contributed by atoms with Crippen molar-refractivity contribution in [2.45, 2.75) is 6.18 Å². The minimum atomic E-state index is -4.54. The van der Waals surface area contributed by atoms with Gasteiger partial charge in [0.1, 0.15) is 5.82 Å².